The predicted octanol–water partition coefficient (Wildman–Crippen LogP) is 3.93. The lowest BCUT2D eigenvalue weighted by molar-refractivity contribution is 0.648. The van der Waals surface area contributed by atoms with Gasteiger partial charge in [0.05, 0.1) is 0 Å². The highest BCUT2D eigenvalue weighted by Gasteiger charge is 2.04. The van der Waals surface area contributed by atoms with Gasteiger partial charge in [0.15, 0.2) is 0 Å². The number of benzene rings is 1. The maximum Gasteiger partial charge on any atom is 0.140 e. The van der Waals surface area contributed by atoms with Crippen molar-refractivity contribution in [1.29, 1.82) is 0 Å². The van der Waals surface area contributed by atoms with Crippen molar-refractivity contribution in [3.8, 4) is 0 Å². The highest BCUT2D eigenvalue weighted by molar-refractivity contribution is 8.22. The third-order valence-corrected chi connectivity index (χ3v) is 3.47. The zero-order chi connectivity index (χ0) is 10.7. The zero-order valence-corrected chi connectivity index (χ0v) is 10.9. The van der Waals surface area contributed by atoms with Gasteiger partial charge in [-0.2, -0.15) is 0 Å². The van der Waals surface area contributed by atoms with Crippen LogP contribution in [0.15, 0.2) is 23.1 Å². The summed E-state index contributed by atoms with van der Waals surface area (Å²) in [6.07, 6.45) is 0. The lowest BCUT2D eigenvalue weighted by atomic mass is 10.4. The van der Waals surface area contributed by atoms with Gasteiger partial charge in [0, 0.05) is 29.0 Å². The normalized spacial score (nSPS) is 10.0. The molecule has 0 N–H and O–H groups in total. The number of rotatable bonds is 1. The fourth-order valence-electron chi connectivity index (χ4n) is 0.780. The molecule has 0 aliphatic carbocycles. The van der Waals surface area contributed by atoms with E-state index in [-0.39, 0.29) is 0 Å². The maximum atomic E-state index is 5.86. The van der Waals surface area contributed by atoms with Crippen LogP contribution in [0.2, 0.25) is 10.0 Å². The Morgan fingerprint density at radius 2 is 1.71 bits per heavy atom. The molecule has 1 rings (SSSR count). The average Bonchev–Trinajstić information content (AvgIpc) is 2.01. The lowest BCUT2D eigenvalue weighted by Crippen LogP contribution is -2.15. The molecule has 0 aliphatic heterocycles. The molecule has 0 unspecified atom stereocenters. The molecule has 0 saturated heterocycles. The number of nitrogens with zero attached hydrogens (tertiary/aromatic N) is 1. The molecule has 0 aliphatic rings. The number of hydrogen-bond acceptors (Lipinski definition) is 2. The highest BCUT2D eigenvalue weighted by atomic mass is 35.5. The van der Waals surface area contributed by atoms with Crippen LogP contribution in [0.25, 0.3) is 0 Å². The first-order valence-electron chi connectivity index (χ1n) is 3.84. The van der Waals surface area contributed by atoms with Crippen molar-refractivity contribution >= 4 is 51.5 Å². The van der Waals surface area contributed by atoms with Crippen LogP contribution in [0.5, 0.6) is 0 Å². The molecule has 0 radical (unpaired) electrons. The number of hydrogen-bond donors (Lipinski definition) is 0. The molecule has 0 amide bonds. The fraction of sp³-hybridized carbons (Fsp3) is 0.222. The van der Waals surface area contributed by atoms with E-state index in [1.165, 1.54) is 11.8 Å². The van der Waals surface area contributed by atoms with Crippen molar-refractivity contribution < 1.29 is 0 Å². The first kappa shape index (κ1) is 12.1. The zero-order valence-electron chi connectivity index (χ0n) is 7.75. The maximum absolute atomic E-state index is 5.86. The van der Waals surface area contributed by atoms with Gasteiger partial charge in [0.25, 0.3) is 0 Å². The SMILES string of the molecule is CN(C)C(=S)Sc1cc(Cl)cc(Cl)c1. The largest absolute Gasteiger partial charge is 0.363 e. The molecule has 0 atom stereocenters. The summed E-state index contributed by atoms with van der Waals surface area (Å²) in [5, 5.41) is 1.25. The topological polar surface area (TPSA) is 3.24 Å². The van der Waals surface area contributed by atoms with Gasteiger partial charge in [0.1, 0.15) is 4.32 Å². The molecule has 0 saturated carbocycles. The van der Waals surface area contributed by atoms with Gasteiger partial charge >= 0.3 is 0 Å². The van der Waals surface area contributed by atoms with Crippen molar-refractivity contribution in [1.82, 2.24) is 4.90 Å². The Balaban J connectivity index is 2.82. The fourth-order valence-corrected chi connectivity index (χ4v) is 2.48. The second kappa shape index (κ2) is 5.21. The first-order valence-corrected chi connectivity index (χ1v) is 5.82. The van der Waals surface area contributed by atoms with Crippen LogP contribution >= 0.6 is 47.2 Å². The standard InChI is InChI=1S/C9H9Cl2NS2/c1-12(2)9(13)14-8-4-6(10)3-7(11)5-8/h3-5H,1-2H3. The van der Waals surface area contributed by atoms with Crippen molar-refractivity contribution in [2.45, 2.75) is 4.90 Å². The second-order valence-corrected chi connectivity index (χ2v) is 5.45. The van der Waals surface area contributed by atoms with Gasteiger partial charge in [-0.15, -0.1) is 0 Å². The van der Waals surface area contributed by atoms with Crippen LogP contribution in [-0.4, -0.2) is 23.3 Å². The van der Waals surface area contributed by atoms with Gasteiger partial charge in [-0.3, -0.25) is 0 Å². The van der Waals surface area contributed by atoms with E-state index < -0.39 is 0 Å². The summed E-state index contributed by atoms with van der Waals surface area (Å²) in [6, 6.07) is 5.38. The van der Waals surface area contributed by atoms with Crippen LogP contribution in [0, 0.1) is 0 Å². The molecule has 0 spiro atoms. The quantitative estimate of drug-likeness (QED) is 0.560. The Labute approximate surface area is 103 Å². The summed E-state index contributed by atoms with van der Waals surface area (Å²) in [6.45, 7) is 0. The van der Waals surface area contributed by atoms with E-state index in [2.05, 4.69) is 0 Å². The van der Waals surface area contributed by atoms with E-state index in [1.54, 1.807) is 6.07 Å². The Morgan fingerprint density at radius 3 is 2.14 bits per heavy atom. The second-order valence-electron chi connectivity index (χ2n) is 2.87. The summed E-state index contributed by atoms with van der Waals surface area (Å²) in [5.41, 5.74) is 0. The molecular formula is C9H9Cl2NS2. The molecule has 1 aromatic rings. The average molecular weight is 266 g/mol. The third-order valence-electron chi connectivity index (χ3n) is 1.41. The van der Waals surface area contributed by atoms with Gasteiger partial charge < -0.3 is 4.90 Å². The van der Waals surface area contributed by atoms with Gasteiger partial charge in [0.2, 0.25) is 0 Å². The molecule has 76 valence electrons. The van der Waals surface area contributed by atoms with Gasteiger partial charge in [-0.25, -0.2) is 0 Å². The van der Waals surface area contributed by atoms with Gasteiger partial charge in [-0.1, -0.05) is 47.2 Å². The minimum absolute atomic E-state index is 0.626. The Morgan fingerprint density at radius 1 is 1.21 bits per heavy atom. The van der Waals surface area contributed by atoms with E-state index in [4.69, 9.17) is 35.4 Å². The molecule has 0 fully saturated rings. The van der Waals surface area contributed by atoms with Crippen molar-refractivity contribution in [3.63, 3.8) is 0 Å². The summed E-state index contributed by atoms with van der Waals surface area (Å²) >= 11 is 18.3. The van der Waals surface area contributed by atoms with Gasteiger partial charge in [-0.05, 0) is 18.2 Å². The predicted molar refractivity (Wildman–Crippen MR) is 68.6 cm³/mol. The van der Waals surface area contributed by atoms with Crippen molar-refractivity contribution in [2.75, 3.05) is 14.1 Å². The first-order chi connectivity index (χ1) is 6.49. The van der Waals surface area contributed by atoms with E-state index in [9.17, 15) is 0 Å². The minimum Gasteiger partial charge on any atom is -0.363 e. The van der Waals surface area contributed by atoms with Crippen molar-refractivity contribution in [2.24, 2.45) is 0 Å². The van der Waals surface area contributed by atoms with Crippen LogP contribution < -0.4 is 0 Å². The number of thioether (sulfide) groups is 1. The summed E-state index contributed by atoms with van der Waals surface area (Å²) in [7, 11) is 3.81. The third kappa shape index (κ3) is 3.65. The van der Waals surface area contributed by atoms with E-state index in [0.29, 0.717) is 10.0 Å². The Kier molecular flexibility index (Phi) is 4.51. The van der Waals surface area contributed by atoms with E-state index in [1.807, 2.05) is 31.1 Å². The lowest BCUT2D eigenvalue weighted by Gasteiger charge is -2.12. The molecule has 1 aromatic carbocycles. The molecule has 0 heterocycles. The number of thiocarbonyl (C=S) groups is 1. The Hall–Kier alpha value is 0.0400. The molecule has 5 heteroatoms. The van der Waals surface area contributed by atoms with Crippen LogP contribution in [0.3, 0.4) is 0 Å². The number of halogens is 2. The molecular weight excluding hydrogens is 257 g/mol. The Bertz CT molecular complexity index is 332. The minimum atomic E-state index is 0.626. The molecule has 14 heavy (non-hydrogen) atoms. The summed E-state index contributed by atoms with van der Waals surface area (Å²) < 4.78 is 0.781. The summed E-state index contributed by atoms with van der Waals surface area (Å²) in [4.78, 5) is 2.83. The highest BCUT2D eigenvalue weighted by Crippen LogP contribution is 2.27. The monoisotopic (exact) mass is 265 g/mol. The van der Waals surface area contributed by atoms with E-state index in [0.717, 1.165) is 9.22 Å². The molecule has 0 aromatic heterocycles. The molecule has 0 bridgehead atoms. The summed E-state index contributed by atoms with van der Waals surface area (Å²) in [5.74, 6) is 0. The van der Waals surface area contributed by atoms with Crippen LogP contribution in [-0.2, 0) is 0 Å². The smallest absolute Gasteiger partial charge is 0.140 e. The van der Waals surface area contributed by atoms with Crippen LogP contribution in [0.4, 0.5) is 0 Å². The van der Waals surface area contributed by atoms with Crippen molar-refractivity contribution in [3.05, 3.63) is 28.2 Å². The van der Waals surface area contributed by atoms with E-state index >= 15 is 0 Å². The van der Waals surface area contributed by atoms with Crippen LogP contribution in [0.1, 0.15) is 0 Å². The molecule has 1 nitrogen and oxygen atoms in total.